The molecule has 0 atom stereocenters. The summed E-state index contributed by atoms with van der Waals surface area (Å²) in [6, 6.07) is 7.45. The Morgan fingerprint density at radius 3 is 2.11 bits per heavy atom. The maximum absolute atomic E-state index is 12.3. The molecule has 0 aromatic heterocycles. The number of amides is 1. The fraction of sp³-hybridized carbons (Fsp3) is 0.500. The SMILES string of the molecule is COc1ccc(C(=O)N(NC(C)C)C(C)C)cc1. The molecule has 18 heavy (non-hydrogen) atoms. The number of carbonyl (C=O) groups excluding carboxylic acids is 1. The number of ether oxygens (including phenoxy) is 1. The number of hydrazine groups is 1. The van der Waals surface area contributed by atoms with Crippen LogP contribution in [0.1, 0.15) is 38.1 Å². The van der Waals surface area contributed by atoms with Crippen molar-refractivity contribution in [2.24, 2.45) is 0 Å². The molecule has 1 rings (SSSR count). The Bertz CT molecular complexity index is 385. The highest BCUT2D eigenvalue weighted by Crippen LogP contribution is 2.13. The summed E-state index contributed by atoms with van der Waals surface area (Å²) in [7, 11) is 1.61. The lowest BCUT2D eigenvalue weighted by Gasteiger charge is -2.29. The van der Waals surface area contributed by atoms with Crippen LogP contribution in [0.25, 0.3) is 0 Å². The van der Waals surface area contributed by atoms with E-state index in [9.17, 15) is 4.79 Å². The van der Waals surface area contributed by atoms with Crippen LogP contribution in [0.2, 0.25) is 0 Å². The molecular formula is C14H22N2O2. The first-order valence-electron chi connectivity index (χ1n) is 6.19. The second-order valence-electron chi connectivity index (χ2n) is 4.78. The zero-order chi connectivity index (χ0) is 13.7. The van der Waals surface area contributed by atoms with Gasteiger partial charge in [-0.3, -0.25) is 9.80 Å². The van der Waals surface area contributed by atoms with Gasteiger partial charge in [0.1, 0.15) is 5.75 Å². The van der Waals surface area contributed by atoms with E-state index in [0.29, 0.717) is 5.56 Å². The van der Waals surface area contributed by atoms with Gasteiger partial charge >= 0.3 is 0 Å². The summed E-state index contributed by atoms with van der Waals surface area (Å²) in [5.74, 6) is 0.723. The molecule has 0 aliphatic rings. The largest absolute Gasteiger partial charge is 0.497 e. The number of methoxy groups -OCH3 is 1. The molecule has 0 spiro atoms. The number of benzene rings is 1. The predicted octanol–water partition coefficient (Wildman–Crippen LogP) is 2.46. The van der Waals surface area contributed by atoms with Gasteiger partial charge in [-0.05, 0) is 52.0 Å². The van der Waals surface area contributed by atoms with E-state index in [4.69, 9.17) is 4.74 Å². The van der Waals surface area contributed by atoms with E-state index in [-0.39, 0.29) is 18.0 Å². The summed E-state index contributed by atoms with van der Waals surface area (Å²) in [4.78, 5) is 12.3. The molecule has 0 radical (unpaired) electrons. The highest BCUT2D eigenvalue weighted by molar-refractivity contribution is 5.94. The number of nitrogens with zero attached hydrogens (tertiary/aromatic N) is 1. The maximum Gasteiger partial charge on any atom is 0.268 e. The van der Waals surface area contributed by atoms with E-state index in [2.05, 4.69) is 5.43 Å². The summed E-state index contributed by atoms with van der Waals surface area (Å²) in [6.07, 6.45) is 0. The lowest BCUT2D eigenvalue weighted by molar-refractivity contribution is 0.0550. The summed E-state index contributed by atoms with van der Waals surface area (Å²) in [5.41, 5.74) is 3.81. The first-order valence-corrected chi connectivity index (χ1v) is 6.19. The Labute approximate surface area is 109 Å². The van der Waals surface area contributed by atoms with E-state index in [1.165, 1.54) is 0 Å². The molecule has 1 amide bonds. The molecule has 1 N–H and O–H groups in total. The van der Waals surface area contributed by atoms with Gasteiger partial charge in [-0.1, -0.05) is 0 Å². The van der Waals surface area contributed by atoms with Crippen LogP contribution in [0, 0.1) is 0 Å². The van der Waals surface area contributed by atoms with Crippen molar-refractivity contribution in [1.29, 1.82) is 0 Å². The normalized spacial score (nSPS) is 10.8. The molecule has 0 fully saturated rings. The van der Waals surface area contributed by atoms with Crippen molar-refractivity contribution < 1.29 is 9.53 Å². The summed E-state index contributed by atoms with van der Waals surface area (Å²) in [5, 5.41) is 1.66. The molecule has 100 valence electrons. The Morgan fingerprint density at radius 2 is 1.72 bits per heavy atom. The maximum atomic E-state index is 12.3. The van der Waals surface area contributed by atoms with Crippen molar-refractivity contribution in [3.63, 3.8) is 0 Å². The molecule has 0 saturated heterocycles. The monoisotopic (exact) mass is 250 g/mol. The third kappa shape index (κ3) is 3.74. The van der Waals surface area contributed by atoms with Gasteiger partial charge in [0.05, 0.1) is 7.11 Å². The molecule has 1 aromatic rings. The first kappa shape index (κ1) is 14.5. The average Bonchev–Trinajstić information content (AvgIpc) is 2.34. The van der Waals surface area contributed by atoms with Crippen molar-refractivity contribution in [2.45, 2.75) is 39.8 Å². The molecule has 4 nitrogen and oxygen atoms in total. The number of hydrogen-bond acceptors (Lipinski definition) is 3. The van der Waals surface area contributed by atoms with E-state index in [0.717, 1.165) is 5.75 Å². The molecule has 1 aromatic carbocycles. The van der Waals surface area contributed by atoms with Crippen molar-refractivity contribution in [1.82, 2.24) is 10.4 Å². The summed E-state index contributed by atoms with van der Waals surface area (Å²) in [6.45, 7) is 7.99. The number of carbonyl (C=O) groups is 1. The molecule has 0 aliphatic carbocycles. The van der Waals surface area contributed by atoms with E-state index >= 15 is 0 Å². The Balaban J connectivity index is 2.87. The summed E-state index contributed by atoms with van der Waals surface area (Å²) >= 11 is 0. The fourth-order valence-corrected chi connectivity index (χ4v) is 1.59. The zero-order valence-corrected chi connectivity index (χ0v) is 11.7. The molecule has 0 aliphatic heterocycles. The molecular weight excluding hydrogens is 228 g/mol. The fourth-order valence-electron chi connectivity index (χ4n) is 1.59. The van der Waals surface area contributed by atoms with Gasteiger partial charge in [0.15, 0.2) is 0 Å². The smallest absolute Gasteiger partial charge is 0.268 e. The van der Waals surface area contributed by atoms with Crippen molar-refractivity contribution in [2.75, 3.05) is 7.11 Å². The van der Waals surface area contributed by atoms with Crippen LogP contribution in [0.3, 0.4) is 0 Å². The minimum absolute atomic E-state index is 0.0265. The first-order chi connectivity index (χ1) is 8.45. The molecule has 4 heteroatoms. The number of rotatable bonds is 5. The standard InChI is InChI=1S/C14H22N2O2/c1-10(2)15-16(11(3)4)14(17)12-6-8-13(18-5)9-7-12/h6-11,15H,1-5H3. The van der Waals surface area contributed by atoms with Crippen molar-refractivity contribution in [3.05, 3.63) is 29.8 Å². The van der Waals surface area contributed by atoms with Crippen molar-refractivity contribution >= 4 is 5.91 Å². The lowest BCUT2D eigenvalue weighted by Crippen LogP contribution is -2.50. The third-order valence-electron chi connectivity index (χ3n) is 2.47. The second-order valence-corrected chi connectivity index (χ2v) is 4.78. The summed E-state index contributed by atoms with van der Waals surface area (Å²) < 4.78 is 5.08. The van der Waals surface area contributed by atoms with Crippen molar-refractivity contribution in [3.8, 4) is 5.75 Å². The predicted molar refractivity (Wildman–Crippen MR) is 72.6 cm³/mol. The average molecular weight is 250 g/mol. The Morgan fingerprint density at radius 1 is 1.17 bits per heavy atom. The van der Waals surface area contributed by atoms with Crippen LogP contribution in [-0.2, 0) is 0 Å². The minimum Gasteiger partial charge on any atom is -0.497 e. The van der Waals surface area contributed by atoms with Gasteiger partial charge in [0, 0.05) is 17.6 Å². The molecule has 0 bridgehead atoms. The van der Waals surface area contributed by atoms with Gasteiger partial charge in [0.2, 0.25) is 0 Å². The van der Waals surface area contributed by atoms with Crippen LogP contribution < -0.4 is 10.2 Å². The number of nitrogens with one attached hydrogen (secondary N) is 1. The zero-order valence-electron chi connectivity index (χ0n) is 11.7. The van der Waals surface area contributed by atoms with Gasteiger partial charge in [0.25, 0.3) is 5.91 Å². The van der Waals surface area contributed by atoms with Crippen LogP contribution >= 0.6 is 0 Å². The minimum atomic E-state index is -0.0265. The number of hydrogen-bond donors (Lipinski definition) is 1. The van der Waals surface area contributed by atoms with Gasteiger partial charge < -0.3 is 4.74 Å². The second kappa shape index (κ2) is 6.40. The van der Waals surface area contributed by atoms with Gasteiger partial charge in [-0.2, -0.15) is 0 Å². The van der Waals surface area contributed by atoms with E-state index < -0.39 is 0 Å². The molecule has 0 saturated carbocycles. The van der Waals surface area contributed by atoms with Crippen LogP contribution in [0.5, 0.6) is 5.75 Å². The quantitative estimate of drug-likeness (QED) is 0.816. The third-order valence-corrected chi connectivity index (χ3v) is 2.47. The highest BCUT2D eigenvalue weighted by atomic mass is 16.5. The Kier molecular flexibility index (Phi) is 5.16. The van der Waals surface area contributed by atoms with E-state index in [1.54, 1.807) is 36.4 Å². The van der Waals surface area contributed by atoms with Crippen LogP contribution in [0.15, 0.2) is 24.3 Å². The van der Waals surface area contributed by atoms with Gasteiger partial charge in [-0.25, -0.2) is 5.43 Å². The van der Waals surface area contributed by atoms with Gasteiger partial charge in [-0.15, -0.1) is 0 Å². The molecule has 0 heterocycles. The highest BCUT2D eigenvalue weighted by Gasteiger charge is 2.19. The van der Waals surface area contributed by atoms with Crippen LogP contribution in [0.4, 0.5) is 0 Å². The topological polar surface area (TPSA) is 41.6 Å². The van der Waals surface area contributed by atoms with E-state index in [1.807, 2.05) is 27.7 Å². The van der Waals surface area contributed by atoms with Crippen LogP contribution in [-0.4, -0.2) is 30.1 Å². The lowest BCUT2D eigenvalue weighted by atomic mass is 10.2. The Hall–Kier alpha value is -1.55. The molecule has 0 unspecified atom stereocenters.